The number of imidazole rings is 1. The standard InChI is InChI=1S/C10H15N3O/c1-8(2)7-10(14)13-4-3-9-11-5-6-12-9/h5-7H,3-4H2,1-2H3,(H,11,12)(H,13,14). The zero-order chi connectivity index (χ0) is 10.4. The van der Waals surface area contributed by atoms with Crippen molar-refractivity contribution in [3.63, 3.8) is 0 Å². The van der Waals surface area contributed by atoms with Crippen LogP contribution in [-0.4, -0.2) is 22.4 Å². The predicted molar refractivity (Wildman–Crippen MR) is 54.7 cm³/mol. The van der Waals surface area contributed by atoms with E-state index in [4.69, 9.17) is 0 Å². The fraction of sp³-hybridized carbons (Fsp3) is 0.400. The molecular weight excluding hydrogens is 178 g/mol. The van der Waals surface area contributed by atoms with Crippen molar-refractivity contribution in [1.29, 1.82) is 0 Å². The highest BCUT2D eigenvalue weighted by Crippen LogP contribution is 1.90. The fourth-order valence-electron chi connectivity index (χ4n) is 1.05. The molecule has 0 aliphatic rings. The molecule has 0 spiro atoms. The van der Waals surface area contributed by atoms with E-state index in [2.05, 4.69) is 15.3 Å². The van der Waals surface area contributed by atoms with Crippen LogP contribution in [0.2, 0.25) is 0 Å². The largest absolute Gasteiger partial charge is 0.352 e. The summed E-state index contributed by atoms with van der Waals surface area (Å²) >= 11 is 0. The molecule has 1 amide bonds. The minimum absolute atomic E-state index is 0.0449. The SMILES string of the molecule is CC(C)=CC(=O)NCCc1ncc[nH]1. The molecule has 0 radical (unpaired) electrons. The van der Waals surface area contributed by atoms with Crippen LogP contribution in [0.25, 0.3) is 0 Å². The Hall–Kier alpha value is -1.58. The second-order valence-corrected chi connectivity index (χ2v) is 3.30. The summed E-state index contributed by atoms with van der Waals surface area (Å²) in [5, 5.41) is 2.78. The van der Waals surface area contributed by atoms with Crippen LogP contribution in [0.15, 0.2) is 24.0 Å². The number of nitrogens with zero attached hydrogens (tertiary/aromatic N) is 1. The molecule has 0 fully saturated rings. The summed E-state index contributed by atoms with van der Waals surface area (Å²) in [6.45, 7) is 4.40. The number of H-pyrrole nitrogens is 1. The molecule has 0 aliphatic carbocycles. The van der Waals surface area contributed by atoms with E-state index in [1.165, 1.54) is 0 Å². The van der Waals surface area contributed by atoms with Gasteiger partial charge in [0.1, 0.15) is 5.82 Å². The molecule has 1 heterocycles. The van der Waals surface area contributed by atoms with Gasteiger partial charge in [0.2, 0.25) is 5.91 Å². The molecule has 0 saturated carbocycles. The van der Waals surface area contributed by atoms with Crippen molar-refractivity contribution in [3.05, 3.63) is 29.9 Å². The van der Waals surface area contributed by atoms with E-state index in [1.807, 2.05) is 13.8 Å². The van der Waals surface area contributed by atoms with Crippen molar-refractivity contribution in [2.24, 2.45) is 0 Å². The maximum absolute atomic E-state index is 11.2. The first-order valence-electron chi connectivity index (χ1n) is 4.59. The molecular formula is C10H15N3O. The molecule has 4 heteroatoms. The summed E-state index contributed by atoms with van der Waals surface area (Å²) in [6, 6.07) is 0. The average Bonchev–Trinajstić information content (AvgIpc) is 2.55. The number of aromatic nitrogens is 2. The topological polar surface area (TPSA) is 57.8 Å². The van der Waals surface area contributed by atoms with Gasteiger partial charge in [-0.3, -0.25) is 4.79 Å². The molecule has 14 heavy (non-hydrogen) atoms. The zero-order valence-electron chi connectivity index (χ0n) is 8.50. The summed E-state index contributed by atoms with van der Waals surface area (Å²) in [5.74, 6) is 0.846. The van der Waals surface area contributed by atoms with E-state index in [9.17, 15) is 4.79 Å². The number of hydrogen-bond donors (Lipinski definition) is 2. The number of carbonyl (C=O) groups is 1. The van der Waals surface area contributed by atoms with E-state index in [-0.39, 0.29) is 5.91 Å². The first kappa shape index (κ1) is 10.5. The third-order valence-corrected chi connectivity index (χ3v) is 1.64. The van der Waals surface area contributed by atoms with E-state index in [1.54, 1.807) is 18.5 Å². The minimum atomic E-state index is -0.0449. The lowest BCUT2D eigenvalue weighted by molar-refractivity contribution is -0.116. The van der Waals surface area contributed by atoms with Gasteiger partial charge in [0.25, 0.3) is 0 Å². The van der Waals surface area contributed by atoms with Crippen LogP contribution in [0.1, 0.15) is 19.7 Å². The van der Waals surface area contributed by atoms with E-state index < -0.39 is 0 Å². The highest BCUT2D eigenvalue weighted by Gasteiger charge is 1.97. The Balaban J connectivity index is 2.22. The number of hydrogen-bond acceptors (Lipinski definition) is 2. The van der Waals surface area contributed by atoms with Gasteiger partial charge in [0.15, 0.2) is 0 Å². The van der Waals surface area contributed by atoms with E-state index in [0.717, 1.165) is 17.8 Å². The Morgan fingerprint density at radius 1 is 1.64 bits per heavy atom. The van der Waals surface area contributed by atoms with Crippen LogP contribution >= 0.6 is 0 Å². The van der Waals surface area contributed by atoms with Crippen LogP contribution < -0.4 is 5.32 Å². The number of carbonyl (C=O) groups excluding carboxylic acids is 1. The molecule has 1 aromatic rings. The Bertz CT molecular complexity index is 310. The van der Waals surface area contributed by atoms with Gasteiger partial charge in [-0.15, -0.1) is 0 Å². The maximum Gasteiger partial charge on any atom is 0.243 e. The van der Waals surface area contributed by atoms with Crippen molar-refractivity contribution in [1.82, 2.24) is 15.3 Å². The molecule has 1 rings (SSSR count). The lowest BCUT2D eigenvalue weighted by Gasteiger charge is -2.00. The first-order chi connectivity index (χ1) is 6.68. The molecule has 0 bridgehead atoms. The van der Waals surface area contributed by atoms with Crippen LogP contribution in [0, 0.1) is 0 Å². The van der Waals surface area contributed by atoms with Crippen molar-refractivity contribution in [2.75, 3.05) is 6.54 Å². The number of allylic oxidation sites excluding steroid dienone is 1. The molecule has 0 aromatic carbocycles. The lowest BCUT2D eigenvalue weighted by Crippen LogP contribution is -2.24. The third kappa shape index (κ3) is 3.89. The maximum atomic E-state index is 11.2. The number of amides is 1. The quantitative estimate of drug-likeness (QED) is 0.702. The van der Waals surface area contributed by atoms with Crippen molar-refractivity contribution in [2.45, 2.75) is 20.3 Å². The molecule has 0 saturated heterocycles. The molecule has 0 unspecified atom stereocenters. The van der Waals surface area contributed by atoms with Crippen LogP contribution in [-0.2, 0) is 11.2 Å². The predicted octanol–water partition coefficient (Wildman–Crippen LogP) is 1.03. The van der Waals surface area contributed by atoms with E-state index in [0.29, 0.717) is 6.54 Å². The molecule has 1 aromatic heterocycles. The fourth-order valence-corrected chi connectivity index (χ4v) is 1.05. The number of nitrogens with one attached hydrogen (secondary N) is 2. The molecule has 4 nitrogen and oxygen atoms in total. The monoisotopic (exact) mass is 193 g/mol. The summed E-state index contributed by atoms with van der Waals surface area (Å²) in [4.78, 5) is 18.2. The summed E-state index contributed by atoms with van der Waals surface area (Å²) in [5.41, 5.74) is 1.00. The van der Waals surface area contributed by atoms with Gasteiger partial charge in [-0.05, 0) is 13.8 Å². The molecule has 76 valence electrons. The summed E-state index contributed by atoms with van der Waals surface area (Å²) < 4.78 is 0. The van der Waals surface area contributed by atoms with Crippen LogP contribution in [0.4, 0.5) is 0 Å². The number of rotatable bonds is 4. The molecule has 0 atom stereocenters. The van der Waals surface area contributed by atoms with Crippen molar-refractivity contribution in [3.8, 4) is 0 Å². The summed E-state index contributed by atoms with van der Waals surface area (Å²) in [6.07, 6.45) is 5.79. The Morgan fingerprint density at radius 3 is 3.00 bits per heavy atom. The molecule has 2 N–H and O–H groups in total. The smallest absolute Gasteiger partial charge is 0.243 e. The Morgan fingerprint density at radius 2 is 2.43 bits per heavy atom. The number of aromatic amines is 1. The van der Waals surface area contributed by atoms with Gasteiger partial charge in [0.05, 0.1) is 0 Å². The van der Waals surface area contributed by atoms with Crippen LogP contribution in [0.3, 0.4) is 0 Å². The Labute approximate surface area is 83.4 Å². The van der Waals surface area contributed by atoms with Crippen LogP contribution in [0.5, 0.6) is 0 Å². The first-order valence-corrected chi connectivity index (χ1v) is 4.59. The van der Waals surface area contributed by atoms with Gasteiger partial charge in [-0.2, -0.15) is 0 Å². The van der Waals surface area contributed by atoms with Gasteiger partial charge in [0, 0.05) is 31.4 Å². The van der Waals surface area contributed by atoms with Crippen molar-refractivity contribution < 1.29 is 4.79 Å². The average molecular weight is 193 g/mol. The summed E-state index contributed by atoms with van der Waals surface area (Å²) in [7, 11) is 0. The Kier molecular flexibility index (Phi) is 3.91. The van der Waals surface area contributed by atoms with Gasteiger partial charge >= 0.3 is 0 Å². The van der Waals surface area contributed by atoms with Crippen molar-refractivity contribution >= 4 is 5.91 Å². The molecule has 0 aliphatic heterocycles. The highest BCUT2D eigenvalue weighted by molar-refractivity contribution is 5.87. The lowest BCUT2D eigenvalue weighted by atomic mass is 10.3. The zero-order valence-corrected chi connectivity index (χ0v) is 8.50. The van der Waals surface area contributed by atoms with Gasteiger partial charge in [-0.1, -0.05) is 5.57 Å². The second-order valence-electron chi connectivity index (χ2n) is 3.30. The van der Waals surface area contributed by atoms with E-state index >= 15 is 0 Å². The van der Waals surface area contributed by atoms with Gasteiger partial charge < -0.3 is 10.3 Å². The van der Waals surface area contributed by atoms with Gasteiger partial charge in [-0.25, -0.2) is 4.98 Å². The normalized spacial score (nSPS) is 9.57. The second kappa shape index (κ2) is 5.21. The third-order valence-electron chi connectivity index (χ3n) is 1.64. The highest BCUT2D eigenvalue weighted by atomic mass is 16.1. The minimum Gasteiger partial charge on any atom is -0.352 e.